The standard InChI is InChI=1S/C72H80BN3O/c1-43-34-61-65-62(35-43)75(58-41-52-50(36-44(58)2)67(6,7)30-32-69(52,10)11)59-39-47(76-57-26-22-45(66(3,4)5)37-54(57)71(14)28-18-19-29-72(71,76)15)23-25-55(59)73(65)56-40-51-53(70(12,13)33-31-68(51,8)9)42-60(56)74(61)46-24-27-64-49(38-46)48-20-16-17-21-63(48)77-64/h16-17,20-27,34-42H,18-19,28-33H2,1-15H3. The van der Waals surface area contributed by atoms with E-state index in [2.05, 4.69) is 234 Å². The van der Waals surface area contributed by atoms with E-state index >= 15 is 0 Å². The van der Waals surface area contributed by atoms with Gasteiger partial charge in [-0.25, -0.2) is 0 Å². The summed E-state index contributed by atoms with van der Waals surface area (Å²) in [6.45, 7) is 36.9. The van der Waals surface area contributed by atoms with Crippen molar-refractivity contribution in [3.8, 4) is 0 Å². The number of fused-ring (bicyclic) bond motifs is 12. The molecule has 3 aliphatic heterocycles. The number of nitrogens with zero attached hydrogens (tertiary/aromatic N) is 3. The minimum Gasteiger partial charge on any atom is -0.456 e. The van der Waals surface area contributed by atoms with Gasteiger partial charge in [0.25, 0.3) is 6.71 Å². The number of aryl methyl sites for hydroxylation is 2. The number of rotatable bonds is 3. The van der Waals surface area contributed by atoms with E-state index in [-0.39, 0.29) is 44.7 Å². The fourth-order valence-electron chi connectivity index (χ4n) is 16.3. The Balaban J connectivity index is 1.08. The molecule has 0 N–H and O–H groups in total. The van der Waals surface area contributed by atoms with Crippen LogP contribution in [0.25, 0.3) is 21.9 Å². The normalized spacial score (nSPS) is 23.0. The molecule has 392 valence electrons. The van der Waals surface area contributed by atoms with Crippen LogP contribution in [0.4, 0.5) is 45.5 Å². The van der Waals surface area contributed by atoms with E-state index in [0.29, 0.717) is 0 Å². The first-order valence-electron chi connectivity index (χ1n) is 29.4. The molecule has 0 bridgehead atoms. The minimum atomic E-state index is -0.0896. The molecule has 4 heterocycles. The van der Waals surface area contributed by atoms with Gasteiger partial charge in [0.2, 0.25) is 0 Å². The Morgan fingerprint density at radius 3 is 1.73 bits per heavy atom. The smallest absolute Gasteiger partial charge is 0.252 e. The Bertz CT molecular complexity index is 3860. The topological polar surface area (TPSA) is 22.9 Å². The van der Waals surface area contributed by atoms with Crippen molar-refractivity contribution >= 4 is 90.5 Å². The van der Waals surface area contributed by atoms with Crippen LogP contribution in [-0.2, 0) is 32.5 Å². The summed E-state index contributed by atoms with van der Waals surface area (Å²) in [5, 5.41) is 2.31. The van der Waals surface area contributed by atoms with Crippen molar-refractivity contribution in [2.75, 3.05) is 14.7 Å². The van der Waals surface area contributed by atoms with E-state index in [1.807, 2.05) is 0 Å². The molecule has 8 aromatic rings. The molecule has 2 atom stereocenters. The molecule has 0 spiro atoms. The van der Waals surface area contributed by atoms with Crippen LogP contribution in [0.3, 0.4) is 0 Å². The van der Waals surface area contributed by atoms with Crippen LogP contribution in [0, 0.1) is 13.8 Å². The SMILES string of the molecule is Cc1cc2c3c(c1)N(c1cc4c(cc1C)C(C)(C)CCC4(C)C)c1cc(N4c5ccc(C(C)(C)C)cc5C5(C)CCCCC45C)ccc1B3c1cc3c(cc1N2c1ccc2oc4ccccc4c2c1)C(C)(C)CCC3(C)C. The lowest BCUT2D eigenvalue weighted by Gasteiger charge is -2.51. The molecule has 2 unspecified atom stereocenters. The third-order valence-corrected chi connectivity index (χ3v) is 21.4. The summed E-state index contributed by atoms with van der Waals surface area (Å²) in [6, 6.07) is 46.4. The highest BCUT2D eigenvalue weighted by molar-refractivity contribution is 7.00. The molecular weight excluding hydrogens is 934 g/mol. The van der Waals surface area contributed by atoms with Gasteiger partial charge in [0.05, 0.1) is 5.54 Å². The molecule has 7 aromatic carbocycles. The Morgan fingerprint density at radius 1 is 0.455 bits per heavy atom. The molecule has 0 saturated heterocycles. The number of furan rings is 1. The van der Waals surface area contributed by atoms with Gasteiger partial charge >= 0.3 is 0 Å². The van der Waals surface area contributed by atoms with Gasteiger partial charge in [0.15, 0.2) is 0 Å². The highest BCUT2D eigenvalue weighted by atomic mass is 16.3. The summed E-state index contributed by atoms with van der Waals surface area (Å²) in [4.78, 5) is 8.22. The van der Waals surface area contributed by atoms with Crippen LogP contribution < -0.4 is 31.1 Å². The van der Waals surface area contributed by atoms with Gasteiger partial charge in [0.1, 0.15) is 11.2 Å². The molecule has 1 saturated carbocycles. The maximum atomic E-state index is 6.52. The number of benzene rings is 7. The van der Waals surface area contributed by atoms with Crippen molar-refractivity contribution in [2.24, 2.45) is 0 Å². The van der Waals surface area contributed by atoms with Gasteiger partial charge in [-0.1, -0.05) is 144 Å². The monoisotopic (exact) mass is 1010 g/mol. The number of hydrogen-bond donors (Lipinski definition) is 0. The molecule has 77 heavy (non-hydrogen) atoms. The fourth-order valence-corrected chi connectivity index (χ4v) is 16.3. The van der Waals surface area contributed by atoms with Crippen molar-refractivity contribution in [3.63, 3.8) is 0 Å². The number of para-hydroxylation sites is 1. The lowest BCUT2D eigenvalue weighted by molar-refractivity contribution is 0.195. The first kappa shape index (κ1) is 49.1. The third-order valence-electron chi connectivity index (χ3n) is 21.4. The van der Waals surface area contributed by atoms with Crippen molar-refractivity contribution in [1.82, 2.24) is 0 Å². The molecule has 0 amide bonds. The Kier molecular flexibility index (Phi) is 10.1. The average Bonchev–Trinajstić information content (AvgIpc) is 3.92. The second-order valence-corrected chi connectivity index (χ2v) is 29.1. The predicted molar refractivity (Wildman–Crippen MR) is 329 cm³/mol. The lowest BCUT2D eigenvalue weighted by atomic mass is 9.33. The predicted octanol–water partition coefficient (Wildman–Crippen LogP) is 18.0. The average molecular weight is 1010 g/mol. The molecule has 1 aromatic heterocycles. The third kappa shape index (κ3) is 6.77. The second kappa shape index (κ2) is 15.8. The number of anilines is 8. The minimum absolute atomic E-state index is 0.000763. The van der Waals surface area contributed by atoms with Gasteiger partial charge in [0, 0.05) is 61.7 Å². The molecule has 3 aliphatic carbocycles. The van der Waals surface area contributed by atoms with E-state index in [1.165, 1.54) is 133 Å². The summed E-state index contributed by atoms with van der Waals surface area (Å²) in [5.41, 5.74) is 28.0. The van der Waals surface area contributed by atoms with E-state index in [4.69, 9.17) is 4.42 Å². The summed E-state index contributed by atoms with van der Waals surface area (Å²) in [7, 11) is 0. The first-order chi connectivity index (χ1) is 36.3. The zero-order valence-corrected chi connectivity index (χ0v) is 49.0. The maximum Gasteiger partial charge on any atom is 0.252 e. The fraction of sp³-hybridized carbons (Fsp3) is 0.417. The van der Waals surface area contributed by atoms with Crippen LogP contribution in [0.2, 0.25) is 0 Å². The maximum absolute atomic E-state index is 6.52. The molecular formula is C72H80BN3O. The summed E-state index contributed by atoms with van der Waals surface area (Å²) < 4.78 is 6.52. The largest absolute Gasteiger partial charge is 0.456 e. The molecule has 4 nitrogen and oxygen atoms in total. The zero-order chi connectivity index (χ0) is 53.9. The highest BCUT2D eigenvalue weighted by Gasteiger charge is 2.58. The van der Waals surface area contributed by atoms with Crippen molar-refractivity contribution in [3.05, 3.63) is 160 Å². The van der Waals surface area contributed by atoms with Crippen LogP contribution in [0.1, 0.15) is 186 Å². The van der Waals surface area contributed by atoms with Gasteiger partial charge in [-0.2, -0.15) is 0 Å². The van der Waals surface area contributed by atoms with Gasteiger partial charge in [-0.15, -0.1) is 0 Å². The van der Waals surface area contributed by atoms with Gasteiger partial charge in [-0.05, 0) is 214 Å². The van der Waals surface area contributed by atoms with E-state index in [1.54, 1.807) is 0 Å². The van der Waals surface area contributed by atoms with Gasteiger partial charge < -0.3 is 19.1 Å². The van der Waals surface area contributed by atoms with Crippen molar-refractivity contribution < 1.29 is 4.42 Å². The highest BCUT2D eigenvalue weighted by Crippen LogP contribution is 2.62. The molecule has 5 heteroatoms. The second-order valence-electron chi connectivity index (χ2n) is 29.1. The Morgan fingerprint density at radius 2 is 1.04 bits per heavy atom. The molecule has 14 rings (SSSR count). The van der Waals surface area contributed by atoms with Crippen LogP contribution in [0.15, 0.2) is 120 Å². The Labute approximate surface area is 460 Å². The van der Waals surface area contributed by atoms with Crippen molar-refractivity contribution in [2.45, 2.75) is 193 Å². The van der Waals surface area contributed by atoms with Crippen LogP contribution in [-0.4, -0.2) is 12.3 Å². The van der Waals surface area contributed by atoms with E-state index < -0.39 is 0 Å². The Hall–Kier alpha value is -6.20. The lowest BCUT2D eigenvalue weighted by Crippen LogP contribution is -2.62. The van der Waals surface area contributed by atoms with E-state index in [0.717, 1.165) is 46.9 Å². The quantitative estimate of drug-likeness (QED) is 0.165. The van der Waals surface area contributed by atoms with Crippen LogP contribution >= 0.6 is 0 Å². The van der Waals surface area contributed by atoms with Crippen LogP contribution in [0.5, 0.6) is 0 Å². The summed E-state index contributed by atoms with van der Waals surface area (Å²) >= 11 is 0. The first-order valence-corrected chi connectivity index (χ1v) is 29.4. The molecule has 1 fully saturated rings. The molecule has 0 radical (unpaired) electrons. The summed E-state index contributed by atoms with van der Waals surface area (Å²) in [6.07, 6.45) is 9.54. The summed E-state index contributed by atoms with van der Waals surface area (Å²) in [5.74, 6) is 0. The number of hydrogen-bond acceptors (Lipinski definition) is 4. The van der Waals surface area contributed by atoms with E-state index in [9.17, 15) is 0 Å². The molecule has 6 aliphatic rings. The van der Waals surface area contributed by atoms with Crippen molar-refractivity contribution in [1.29, 1.82) is 0 Å². The zero-order valence-electron chi connectivity index (χ0n) is 49.0. The van der Waals surface area contributed by atoms with Gasteiger partial charge in [-0.3, -0.25) is 0 Å².